The van der Waals surface area contributed by atoms with E-state index in [0.29, 0.717) is 16.2 Å². The minimum absolute atomic E-state index is 0.202. The molecule has 0 amide bonds. The number of rotatable bonds is 3. The lowest BCUT2D eigenvalue weighted by Gasteiger charge is -2.03. The predicted molar refractivity (Wildman–Crippen MR) is 53.8 cm³/mol. The number of isocyanates is 1. The van der Waals surface area contributed by atoms with Gasteiger partial charge in [-0.25, -0.2) is 4.79 Å². The van der Waals surface area contributed by atoms with Gasteiger partial charge in [0.15, 0.2) is 0 Å². The largest absolute Gasteiger partial charge is 0.288 e. The number of hydrogen-bond acceptors (Lipinski definition) is 3. The zero-order chi connectivity index (χ0) is 10.6. The number of aliphatic imine (C=N–C) groups is 1. The van der Waals surface area contributed by atoms with Crippen molar-refractivity contribution in [1.82, 2.24) is 0 Å². The molecule has 0 heterocycles. The Kier molecular flexibility index (Phi) is 4.25. The van der Waals surface area contributed by atoms with Gasteiger partial charge in [-0.05, 0) is 18.2 Å². The normalized spacial score (nSPS) is 10.0. The quantitative estimate of drug-likeness (QED) is 0.479. The molecule has 0 unspecified atom stereocenters. The predicted octanol–water partition coefficient (Wildman–Crippen LogP) is 3.73. The summed E-state index contributed by atoms with van der Waals surface area (Å²) in [6, 6.07) is 4.57. The number of hydrogen-bond donors (Lipinski definition) is 0. The van der Waals surface area contributed by atoms with Gasteiger partial charge < -0.3 is 0 Å². The van der Waals surface area contributed by atoms with Crippen molar-refractivity contribution in [3.05, 3.63) is 22.7 Å². The fourth-order valence-corrected chi connectivity index (χ4v) is 1.95. The summed E-state index contributed by atoms with van der Waals surface area (Å²) in [6.07, 6.45) is 1.32. The number of halogens is 3. The summed E-state index contributed by atoms with van der Waals surface area (Å²) in [5.41, 5.74) is 0.202. The third kappa shape index (κ3) is 3.21. The fourth-order valence-electron chi connectivity index (χ4n) is 0.820. The zero-order valence-corrected chi connectivity index (χ0v) is 9.11. The van der Waals surface area contributed by atoms with Gasteiger partial charge in [-0.3, -0.25) is 0 Å². The highest BCUT2D eigenvalue weighted by Gasteiger charge is 2.10. The molecule has 0 radical (unpaired) electrons. The first-order valence-corrected chi connectivity index (χ1v) is 5.13. The molecule has 14 heavy (non-hydrogen) atoms. The van der Waals surface area contributed by atoms with Crippen LogP contribution in [0.25, 0.3) is 0 Å². The van der Waals surface area contributed by atoms with Crippen LogP contribution in [0.4, 0.5) is 14.5 Å². The molecule has 0 aromatic heterocycles. The van der Waals surface area contributed by atoms with Crippen molar-refractivity contribution in [2.45, 2.75) is 10.7 Å². The molecule has 0 aliphatic heterocycles. The van der Waals surface area contributed by atoms with Gasteiger partial charge in [-0.1, -0.05) is 27.7 Å². The molecule has 2 nitrogen and oxygen atoms in total. The minimum Gasteiger partial charge on any atom is -0.211 e. The lowest BCUT2D eigenvalue weighted by Crippen LogP contribution is -1.82. The van der Waals surface area contributed by atoms with E-state index >= 15 is 0 Å². The van der Waals surface area contributed by atoms with Crippen LogP contribution < -0.4 is 0 Å². The average Bonchev–Trinajstić information content (AvgIpc) is 2.09. The number of carbonyl (C=O) groups excluding carboxylic acids is 1. The van der Waals surface area contributed by atoms with E-state index in [4.69, 9.17) is 0 Å². The van der Waals surface area contributed by atoms with Gasteiger partial charge in [0.1, 0.15) is 0 Å². The summed E-state index contributed by atoms with van der Waals surface area (Å²) in [6.45, 7) is 0. The van der Waals surface area contributed by atoms with Crippen LogP contribution in [0.15, 0.2) is 32.6 Å². The topological polar surface area (TPSA) is 29.4 Å². The molecule has 0 atom stereocenters. The van der Waals surface area contributed by atoms with Crippen LogP contribution in [0.3, 0.4) is 0 Å². The molecular formula is C8H4BrF2NOS. The monoisotopic (exact) mass is 279 g/mol. The molecule has 0 bridgehead atoms. The number of benzene rings is 1. The Morgan fingerprint density at radius 3 is 2.79 bits per heavy atom. The van der Waals surface area contributed by atoms with Crippen LogP contribution in [0.1, 0.15) is 0 Å². The van der Waals surface area contributed by atoms with Crippen molar-refractivity contribution in [1.29, 1.82) is 0 Å². The highest BCUT2D eigenvalue weighted by Crippen LogP contribution is 2.35. The van der Waals surface area contributed by atoms with E-state index in [0.717, 1.165) is 0 Å². The van der Waals surface area contributed by atoms with Gasteiger partial charge in [0.05, 0.1) is 5.69 Å². The number of nitrogens with zero attached hydrogens (tertiary/aromatic N) is 1. The maximum atomic E-state index is 12.1. The van der Waals surface area contributed by atoms with Crippen LogP contribution in [-0.2, 0) is 4.79 Å². The molecule has 6 heteroatoms. The van der Waals surface area contributed by atoms with E-state index in [9.17, 15) is 13.6 Å². The minimum atomic E-state index is -2.54. The highest BCUT2D eigenvalue weighted by molar-refractivity contribution is 9.10. The molecule has 1 rings (SSSR count). The fraction of sp³-hybridized carbons (Fsp3) is 0.125. The van der Waals surface area contributed by atoms with Crippen LogP contribution in [0, 0.1) is 0 Å². The van der Waals surface area contributed by atoms with Gasteiger partial charge >= 0.3 is 0 Å². The molecule has 0 N–H and O–H groups in total. The van der Waals surface area contributed by atoms with Gasteiger partial charge in [-0.2, -0.15) is 13.8 Å². The molecule has 1 aromatic carbocycles. The second kappa shape index (κ2) is 5.24. The number of alkyl halides is 2. The Morgan fingerprint density at radius 1 is 1.50 bits per heavy atom. The van der Waals surface area contributed by atoms with Gasteiger partial charge in [0.25, 0.3) is 5.76 Å². The van der Waals surface area contributed by atoms with E-state index in [2.05, 4.69) is 20.9 Å². The zero-order valence-electron chi connectivity index (χ0n) is 6.71. The molecule has 0 saturated carbocycles. The Morgan fingerprint density at radius 2 is 2.21 bits per heavy atom. The summed E-state index contributed by atoms with van der Waals surface area (Å²) in [5, 5.41) is 0. The highest BCUT2D eigenvalue weighted by atomic mass is 79.9. The van der Waals surface area contributed by atoms with Crippen molar-refractivity contribution in [2.24, 2.45) is 4.99 Å². The Balaban J connectivity index is 3.08. The van der Waals surface area contributed by atoms with E-state index in [1.54, 1.807) is 6.07 Å². The molecule has 0 fully saturated rings. The molecule has 0 aliphatic rings. The molecule has 74 valence electrons. The average molecular weight is 280 g/mol. The lowest BCUT2D eigenvalue weighted by molar-refractivity contribution is 0.252. The van der Waals surface area contributed by atoms with E-state index < -0.39 is 5.76 Å². The first-order valence-electron chi connectivity index (χ1n) is 3.45. The molecular weight excluding hydrogens is 276 g/mol. The van der Waals surface area contributed by atoms with Gasteiger partial charge in [-0.15, -0.1) is 0 Å². The molecule has 0 saturated heterocycles. The lowest BCUT2D eigenvalue weighted by atomic mass is 10.3. The van der Waals surface area contributed by atoms with E-state index in [-0.39, 0.29) is 10.6 Å². The van der Waals surface area contributed by atoms with Crippen LogP contribution in [0.5, 0.6) is 0 Å². The Labute approximate surface area is 91.5 Å². The van der Waals surface area contributed by atoms with Crippen LogP contribution in [-0.4, -0.2) is 11.8 Å². The summed E-state index contributed by atoms with van der Waals surface area (Å²) in [7, 11) is 0. The smallest absolute Gasteiger partial charge is 0.211 e. The molecule has 1 aromatic rings. The van der Waals surface area contributed by atoms with Crippen LogP contribution >= 0.6 is 27.7 Å². The van der Waals surface area contributed by atoms with Crippen molar-refractivity contribution in [3.8, 4) is 0 Å². The Hall–Kier alpha value is -0.710. The molecule has 0 spiro atoms. The van der Waals surface area contributed by atoms with Crippen molar-refractivity contribution in [3.63, 3.8) is 0 Å². The van der Waals surface area contributed by atoms with Gasteiger partial charge in [0.2, 0.25) is 6.08 Å². The SMILES string of the molecule is O=C=Nc1ccc(Br)cc1SC(F)F. The van der Waals surface area contributed by atoms with Crippen molar-refractivity contribution < 1.29 is 13.6 Å². The summed E-state index contributed by atoms with van der Waals surface area (Å²) in [4.78, 5) is 13.6. The van der Waals surface area contributed by atoms with E-state index in [1.165, 1.54) is 18.2 Å². The summed E-state index contributed by atoms with van der Waals surface area (Å²) >= 11 is 3.48. The van der Waals surface area contributed by atoms with E-state index in [1.807, 2.05) is 0 Å². The summed E-state index contributed by atoms with van der Waals surface area (Å²) < 4.78 is 24.8. The van der Waals surface area contributed by atoms with Crippen LogP contribution in [0.2, 0.25) is 0 Å². The standard InChI is InChI=1S/C8H4BrF2NOS/c9-5-1-2-6(12-4-13)7(3-5)14-8(10)11/h1-3,8H. The van der Waals surface area contributed by atoms with Gasteiger partial charge in [0, 0.05) is 9.37 Å². The Bertz CT molecular complexity index is 380. The first-order chi connectivity index (χ1) is 6.63. The van der Waals surface area contributed by atoms with Crippen molar-refractivity contribution in [2.75, 3.05) is 0 Å². The maximum absolute atomic E-state index is 12.1. The third-order valence-electron chi connectivity index (χ3n) is 1.30. The number of thioether (sulfide) groups is 1. The second-order valence-electron chi connectivity index (χ2n) is 2.19. The maximum Gasteiger partial charge on any atom is 0.288 e. The first kappa shape index (κ1) is 11.4. The molecule has 0 aliphatic carbocycles. The van der Waals surface area contributed by atoms with Crippen molar-refractivity contribution >= 4 is 39.5 Å². The third-order valence-corrected chi connectivity index (χ3v) is 2.56. The second-order valence-corrected chi connectivity index (χ2v) is 4.14. The summed E-state index contributed by atoms with van der Waals surface area (Å²) in [5.74, 6) is -2.54.